The summed E-state index contributed by atoms with van der Waals surface area (Å²) in [7, 11) is 0. The summed E-state index contributed by atoms with van der Waals surface area (Å²) in [6.45, 7) is 4.26. The van der Waals surface area contributed by atoms with Crippen LogP contribution in [0.1, 0.15) is 26.7 Å². The second-order valence-electron chi connectivity index (χ2n) is 6.35. The molecule has 0 bridgehead atoms. The first-order valence-electron chi connectivity index (χ1n) is 8.94. The predicted molar refractivity (Wildman–Crippen MR) is 117 cm³/mol. The van der Waals surface area contributed by atoms with Gasteiger partial charge in [-0.25, -0.2) is 0 Å². The van der Waals surface area contributed by atoms with Crippen molar-refractivity contribution in [1.29, 1.82) is 0 Å². The summed E-state index contributed by atoms with van der Waals surface area (Å²) < 4.78 is 1.49. The first-order valence-corrected chi connectivity index (χ1v) is 10.2. The first-order chi connectivity index (χ1) is 13.0. The first kappa shape index (κ1) is 24.0. The van der Waals surface area contributed by atoms with Gasteiger partial charge >= 0.3 is 0 Å². The summed E-state index contributed by atoms with van der Waals surface area (Å²) in [5.74, 6) is -0.306. The van der Waals surface area contributed by atoms with Crippen molar-refractivity contribution in [2.24, 2.45) is 11.1 Å². The van der Waals surface area contributed by atoms with Crippen molar-refractivity contribution in [3.05, 3.63) is 36.7 Å². The zero-order chi connectivity index (χ0) is 19.9. The largest absolute Gasteiger partial charge is 0.329 e. The van der Waals surface area contributed by atoms with E-state index in [4.69, 9.17) is 5.73 Å². The summed E-state index contributed by atoms with van der Waals surface area (Å²) in [6, 6.07) is 7.63. The third-order valence-electron chi connectivity index (χ3n) is 4.80. The Kier molecular flexibility index (Phi) is 9.51. The number of anilines is 2. The quantitative estimate of drug-likeness (QED) is 0.534. The second kappa shape index (κ2) is 11.1. The normalized spacial score (nSPS) is 10.9. The molecule has 0 saturated heterocycles. The van der Waals surface area contributed by atoms with Gasteiger partial charge in [0.1, 0.15) is 6.54 Å². The van der Waals surface area contributed by atoms with Gasteiger partial charge in [-0.1, -0.05) is 13.8 Å². The molecule has 7 nitrogen and oxygen atoms in total. The lowest BCUT2D eigenvalue weighted by atomic mass is 9.81. The molecular weight excluding hydrogens is 398 g/mol. The number of aromatic nitrogens is 2. The maximum absolute atomic E-state index is 12.5. The van der Waals surface area contributed by atoms with Gasteiger partial charge in [0.2, 0.25) is 11.8 Å². The van der Waals surface area contributed by atoms with E-state index in [-0.39, 0.29) is 37.3 Å². The van der Waals surface area contributed by atoms with E-state index in [1.165, 1.54) is 10.9 Å². The SMILES string of the molecule is CCC(CC)(CN)C(=O)Nc1cnn(CC(=O)Nc2ccc(SC)cc2)c1.Cl. The number of hydrogen-bond acceptors (Lipinski definition) is 5. The molecule has 28 heavy (non-hydrogen) atoms. The maximum atomic E-state index is 12.5. The molecule has 0 atom stereocenters. The molecule has 1 heterocycles. The topological polar surface area (TPSA) is 102 Å². The van der Waals surface area contributed by atoms with Gasteiger partial charge in [-0.2, -0.15) is 5.10 Å². The molecule has 9 heteroatoms. The highest BCUT2D eigenvalue weighted by Crippen LogP contribution is 2.26. The van der Waals surface area contributed by atoms with Gasteiger partial charge < -0.3 is 16.4 Å². The fourth-order valence-electron chi connectivity index (χ4n) is 2.75. The summed E-state index contributed by atoms with van der Waals surface area (Å²) in [5, 5.41) is 9.83. The highest BCUT2D eigenvalue weighted by molar-refractivity contribution is 7.98. The van der Waals surface area contributed by atoms with Crippen molar-refractivity contribution in [3.63, 3.8) is 0 Å². The summed E-state index contributed by atoms with van der Waals surface area (Å²) in [6.07, 6.45) is 6.50. The lowest BCUT2D eigenvalue weighted by Crippen LogP contribution is -2.41. The molecule has 154 valence electrons. The van der Waals surface area contributed by atoms with Gasteiger partial charge in [-0.05, 0) is 43.4 Å². The van der Waals surface area contributed by atoms with E-state index in [9.17, 15) is 9.59 Å². The number of nitrogens with zero attached hydrogens (tertiary/aromatic N) is 2. The fourth-order valence-corrected chi connectivity index (χ4v) is 3.16. The minimum absolute atomic E-state index is 0. The molecule has 0 aliphatic carbocycles. The smallest absolute Gasteiger partial charge is 0.246 e. The van der Waals surface area contributed by atoms with Crippen molar-refractivity contribution in [2.75, 3.05) is 23.4 Å². The Morgan fingerprint density at radius 3 is 2.32 bits per heavy atom. The van der Waals surface area contributed by atoms with E-state index in [1.807, 2.05) is 44.4 Å². The number of benzene rings is 1. The van der Waals surface area contributed by atoms with E-state index >= 15 is 0 Å². The average Bonchev–Trinajstić information content (AvgIpc) is 3.10. The van der Waals surface area contributed by atoms with Gasteiger partial charge in [0.25, 0.3) is 0 Å². The lowest BCUT2D eigenvalue weighted by molar-refractivity contribution is -0.125. The van der Waals surface area contributed by atoms with E-state index in [0.29, 0.717) is 18.5 Å². The van der Waals surface area contributed by atoms with Gasteiger partial charge in [0, 0.05) is 23.3 Å². The molecule has 0 fully saturated rings. The van der Waals surface area contributed by atoms with Gasteiger partial charge in [-0.15, -0.1) is 24.2 Å². The highest BCUT2D eigenvalue weighted by Gasteiger charge is 2.33. The van der Waals surface area contributed by atoms with Gasteiger partial charge in [0.05, 0.1) is 17.3 Å². The number of thioether (sulfide) groups is 1. The van der Waals surface area contributed by atoms with Crippen LogP contribution in [0.25, 0.3) is 0 Å². The monoisotopic (exact) mass is 425 g/mol. The van der Waals surface area contributed by atoms with Gasteiger partial charge in [0.15, 0.2) is 0 Å². The van der Waals surface area contributed by atoms with Crippen LogP contribution in [0.2, 0.25) is 0 Å². The minimum Gasteiger partial charge on any atom is -0.329 e. The molecular formula is C19H28ClN5O2S. The van der Waals surface area contributed by atoms with Crippen LogP contribution in [0.3, 0.4) is 0 Å². The van der Waals surface area contributed by atoms with E-state index < -0.39 is 5.41 Å². The number of nitrogens with two attached hydrogens (primary N) is 1. The number of hydrogen-bond donors (Lipinski definition) is 3. The van der Waals surface area contributed by atoms with Crippen molar-refractivity contribution < 1.29 is 9.59 Å². The van der Waals surface area contributed by atoms with Crippen LogP contribution >= 0.6 is 24.2 Å². The number of amides is 2. The third-order valence-corrected chi connectivity index (χ3v) is 5.54. The average molecular weight is 426 g/mol. The number of carbonyl (C=O) groups is 2. The van der Waals surface area contributed by atoms with Crippen LogP contribution in [0, 0.1) is 5.41 Å². The predicted octanol–water partition coefficient (Wildman–Crippen LogP) is 3.37. The molecule has 0 saturated carbocycles. The zero-order valence-corrected chi connectivity index (χ0v) is 18.0. The van der Waals surface area contributed by atoms with Crippen LogP contribution in [-0.2, 0) is 16.1 Å². The Labute approximate surface area is 176 Å². The summed E-state index contributed by atoms with van der Waals surface area (Å²) in [4.78, 5) is 25.9. The fraction of sp³-hybridized carbons (Fsp3) is 0.421. The Hall–Kier alpha value is -2.03. The standard InChI is InChI=1S/C19H27N5O2S.ClH/c1-4-19(5-2,13-20)18(26)23-15-10-21-24(11-15)12-17(25)22-14-6-8-16(27-3)9-7-14;/h6-11H,4-5,12-13,20H2,1-3H3,(H,22,25)(H,23,26);1H. The minimum atomic E-state index is -0.581. The second-order valence-corrected chi connectivity index (χ2v) is 7.23. The van der Waals surface area contributed by atoms with E-state index in [2.05, 4.69) is 15.7 Å². The molecule has 1 aromatic carbocycles. The van der Waals surface area contributed by atoms with Crippen molar-refractivity contribution in [3.8, 4) is 0 Å². The molecule has 4 N–H and O–H groups in total. The Balaban J connectivity index is 0.00000392. The number of halogens is 1. The molecule has 0 spiro atoms. The van der Waals surface area contributed by atoms with Crippen molar-refractivity contribution in [2.45, 2.75) is 38.1 Å². The maximum Gasteiger partial charge on any atom is 0.246 e. The Morgan fingerprint density at radius 2 is 1.79 bits per heavy atom. The van der Waals surface area contributed by atoms with E-state index in [0.717, 1.165) is 10.6 Å². The van der Waals surface area contributed by atoms with Gasteiger partial charge in [-0.3, -0.25) is 14.3 Å². The molecule has 0 radical (unpaired) electrons. The zero-order valence-electron chi connectivity index (χ0n) is 16.4. The Bertz CT molecular complexity index is 767. The third kappa shape index (κ3) is 5.98. The molecule has 2 aromatic rings. The van der Waals surface area contributed by atoms with Crippen LogP contribution < -0.4 is 16.4 Å². The van der Waals surface area contributed by atoms with Crippen molar-refractivity contribution >= 4 is 47.4 Å². The summed E-state index contributed by atoms with van der Waals surface area (Å²) in [5.41, 5.74) is 6.52. The molecule has 0 aliphatic rings. The molecule has 2 amide bonds. The van der Waals surface area contributed by atoms with Crippen LogP contribution in [-0.4, -0.2) is 34.4 Å². The number of carbonyl (C=O) groups excluding carboxylic acids is 2. The van der Waals surface area contributed by atoms with Crippen LogP contribution in [0.4, 0.5) is 11.4 Å². The van der Waals surface area contributed by atoms with Crippen LogP contribution in [0.5, 0.6) is 0 Å². The lowest BCUT2D eigenvalue weighted by Gasteiger charge is -2.28. The Morgan fingerprint density at radius 1 is 1.14 bits per heavy atom. The molecule has 0 aliphatic heterocycles. The molecule has 2 rings (SSSR count). The number of nitrogens with one attached hydrogen (secondary N) is 2. The molecule has 0 unspecified atom stereocenters. The molecule has 1 aromatic heterocycles. The number of rotatable bonds is 9. The highest BCUT2D eigenvalue weighted by atomic mass is 35.5. The van der Waals surface area contributed by atoms with E-state index in [1.54, 1.807) is 18.0 Å². The van der Waals surface area contributed by atoms with Crippen molar-refractivity contribution in [1.82, 2.24) is 9.78 Å². The van der Waals surface area contributed by atoms with Crippen LogP contribution in [0.15, 0.2) is 41.6 Å². The summed E-state index contributed by atoms with van der Waals surface area (Å²) >= 11 is 1.64.